The molecule has 2 heterocycles. The molecule has 2 aromatic rings. The molecule has 0 saturated carbocycles. The first kappa shape index (κ1) is 13.3. The van der Waals surface area contributed by atoms with E-state index < -0.39 is 0 Å². The first-order valence-electron chi connectivity index (χ1n) is 5.63. The second-order valence-electron chi connectivity index (χ2n) is 3.88. The Labute approximate surface area is 114 Å². The van der Waals surface area contributed by atoms with Crippen LogP contribution in [0.25, 0.3) is 0 Å². The third kappa shape index (κ3) is 2.98. The quantitative estimate of drug-likeness (QED) is 0.856. The highest BCUT2D eigenvalue weighted by Crippen LogP contribution is 2.29. The van der Waals surface area contributed by atoms with Crippen LogP contribution in [0.3, 0.4) is 0 Å². The normalized spacial score (nSPS) is 12.6. The van der Waals surface area contributed by atoms with E-state index in [0.29, 0.717) is 0 Å². The Hall–Kier alpha value is -1.17. The van der Waals surface area contributed by atoms with Gasteiger partial charge in [0.05, 0.1) is 13.2 Å². The summed E-state index contributed by atoms with van der Waals surface area (Å²) in [5.41, 5.74) is 0. The smallest absolute Gasteiger partial charge is 0.322 e. The molecule has 0 amide bonds. The second kappa shape index (κ2) is 6.13. The Morgan fingerprint density at radius 2 is 1.78 bits per heavy atom. The van der Waals surface area contributed by atoms with E-state index >= 15 is 0 Å². The summed E-state index contributed by atoms with van der Waals surface area (Å²) in [5, 5.41) is 7.40. The SMILES string of the molecule is COC(=O)[C@H](C)NC(c1cccs1)c1cccs1. The third-order valence-electron chi connectivity index (χ3n) is 2.63. The Balaban J connectivity index is 2.19. The molecule has 0 saturated heterocycles. The van der Waals surface area contributed by atoms with E-state index in [-0.39, 0.29) is 18.1 Å². The molecule has 0 aliphatic heterocycles. The highest BCUT2D eigenvalue weighted by Gasteiger charge is 2.22. The minimum Gasteiger partial charge on any atom is -0.468 e. The molecule has 0 radical (unpaired) electrons. The fourth-order valence-corrected chi connectivity index (χ4v) is 3.39. The number of hydrogen-bond acceptors (Lipinski definition) is 5. The Kier molecular flexibility index (Phi) is 4.52. The van der Waals surface area contributed by atoms with Crippen LogP contribution in [0.2, 0.25) is 0 Å². The Morgan fingerprint density at radius 1 is 1.22 bits per heavy atom. The van der Waals surface area contributed by atoms with Crippen molar-refractivity contribution in [2.75, 3.05) is 7.11 Å². The summed E-state index contributed by atoms with van der Waals surface area (Å²) < 4.78 is 4.75. The maximum absolute atomic E-state index is 11.5. The van der Waals surface area contributed by atoms with Gasteiger partial charge in [-0.25, -0.2) is 0 Å². The van der Waals surface area contributed by atoms with Crippen molar-refractivity contribution in [2.45, 2.75) is 19.0 Å². The van der Waals surface area contributed by atoms with Gasteiger partial charge in [-0.05, 0) is 29.8 Å². The van der Waals surface area contributed by atoms with Crippen molar-refractivity contribution in [1.29, 1.82) is 0 Å². The van der Waals surface area contributed by atoms with Gasteiger partial charge in [0.25, 0.3) is 0 Å². The molecule has 1 atom stereocenters. The van der Waals surface area contributed by atoms with Crippen LogP contribution in [0.4, 0.5) is 0 Å². The molecule has 0 aliphatic carbocycles. The van der Waals surface area contributed by atoms with Crippen molar-refractivity contribution in [3.05, 3.63) is 44.8 Å². The summed E-state index contributed by atoms with van der Waals surface area (Å²) in [6.07, 6.45) is 0. The van der Waals surface area contributed by atoms with E-state index in [1.807, 2.05) is 29.8 Å². The van der Waals surface area contributed by atoms with E-state index in [2.05, 4.69) is 17.4 Å². The maximum Gasteiger partial charge on any atom is 0.322 e. The van der Waals surface area contributed by atoms with Crippen LogP contribution >= 0.6 is 22.7 Å². The number of thiophene rings is 2. The third-order valence-corrected chi connectivity index (χ3v) is 4.50. The summed E-state index contributed by atoms with van der Waals surface area (Å²) in [6.45, 7) is 1.82. The molecule has 0 aliphatic rings. The Morgan fingerprint density at radius 3 is 2.17 bits per heavy atom. The number of rotatable bonds is 5. The molecule has 2 rings (SSSR count). The molecule has 2 aromatic heterocycles. The van der Waals surface area contributed by atoms with Gasteiger partial charge in [-0.15, -0.1) is 22.7 Å². The molecule has 18 heavy (non-hydrogen) atoms. The molecule has 0 fully saturated rings. The minimum absolute atomic E-state index is 0.0547. The van der Waals surface area contributed by atoms with Gasteiger partial charge in [0, 0.05) is 9.75 Å². The van der Waals surface area contributed by atoms with Gasteiger partial charge in [0.2, 0.25) is 0 Å². The van der Waals surface area contributed by atoms with Gasteiger partial charge in [-0.3, -0.25) is 10.1 Å². The maximum atomic E-state index is 11.5. The molecule has 96 valence electrons. The summed E-state index contributed by atoms with van der Waals surface area (Å²) in [5.74, 6) is -0.242. The van der Waals surface area contributed by atoms with Crippen LogP contribution in [0.5, 0.6) is 0 Å². The van der Waals surface area contributed by atoms with Gasteiger partial charge in [0.15, 0.2) is 0 Å². The summed E-state index contributed by atoms with van der Waals surface area (Å²) in [4.78, 5) is 13.9. The van der Waals surface area contributed by atoms with Gasteiger partial charge >= 0.3 is 5.97 Å². The van der Waals surface area contributed by atoms with E-state index in [4.69, 9.17) is 4.74 Å². The number of carbonyl (C=O) groups excluding carboxylic acids is 1. The Bertz CT molecular complexity index is 445. The number of nitrogens with one attached hydrogen (secondary N) is 1. The van der Waals surface area contributed by atoms with Crippen LogP contribution in [0, 0.1) is 0 Å². The average molecular weight is 281 g/mol. The zero-order chi connectivity index (χ0) is 13.0. The van der Waals surface area contributed by atoms with Crippen molar-refractivity contribution in [3.8, 4) is 0 Å². The van der Waals surface area contributed by atoms with E-state index in [1.165, 1.54) is 16.9 Å². The van der Waals surface area contributed by atoms with Crippen LogP contribution < -0.4 is 5.32 Å². The van der Waals surface area contributed by atoms with Crippen molar-refractivity contribution in [1.82, 2.24) is 5.32 Å². The molecule has 0 bridgehead atoms. The van der Waals surface area contributed by atoms with Gasteiger partial charge in [-0.1, -0.05) is 12.1 Å². The standard InChI is InChI=1S/C13H15NO2S2/c1-9(13(15)16-2)14-12(10-5-3-7-17-10)11-6-4-8-18-11/h3-9,12,14H,1-2H3/t9-/m0/s1. The fourth-order valence-electron chi connectivity index (χ4n) is 1.71. The zero-order valence-corrected chi connectivity index (χ0v) is 11.9. The molecule has 0 spiro atoms. The number of ether oxygens (including phenoxy) is 1. The summed E-state index contributed by atoms with van der Waals surface area (Å²) in [6, 6.07) is 7.91. The van der Waals surface area contributed by atoms with Gasteiger partial charge < -0.3 is 4.74 Å². The summed E-state index contributed by atoms with van der Waals surface area (Å²) in [7, 11) is 1.41. The lowest BCUT2D eigenvalue weighted by molar-refractivity contribution is -0.142. The lowest BCUT2D eigenvalue weighted by Gasteiger charge is -2.20. The molecular weight excluding hydrogens is 266 g/mol. The van der Waals surface area contributed by atoms with Crippen molar-refractivity contribution in [2.24, 2.45) is 0 Å². The summed E-state index contributed by atoms with van der Waals surface area (Å²) >= 11 is 3.37. The molecule has 1 N–H and O–H groups in total. The van der Waals surface area contributed by atoms with Gasteiger partial charge in [0.1, 0.15) is 6.04 Å². The molecule has 0 unspecified atom stereocenters. The lowest BCUT2D eigenvalue weighted by atomic mass is 10.1. The van der Waals surface area contributed by atoms with Gasteiger partial charge in [-0.2, -0.15) is 0 Å². The molecular formula is C13H15NO2S2. The average Bonchev–Trinajstić information content (AvgIpc) is 3.06. The number of hydrogen-bond donors (Lipinski definition) is 1. The largest absolute Gasteiger partial charge is 0.468 e. The van der Waals surface area contributed by atoms with Crippen LogP contribution in [0.15, 0.2) is 35.0 Å². The number of carbonyl (C=O) groups is 1. The first-order chi connectivity index (χ1) is 8.72. The fraction of sp³-hybridized carbons (Fsp3) is 0.308. The second-order valence-corrected chi connectivity index (χ2v) is 5.83. The lowest BCUT2D eigenvalue weighted by Crippen LogP contribution is -2.37. The highest BCUT2D eigenvalue weighted by molar-refractivity contribution is 7.11. The monoisotopic (exact) mass is 281 g/mol. The van der Waals surface area contributed by atoms with Crippen molar-refractivity contribution < 1.29 is 9.53 Å². The zero-order valence-electron chi connectivity index (χ0n) is 10.3. The molecule has 5 heteroatoms. The van der Waals surface area contributed by atoms with Crippen molar-refractivity contribution >= 4 is 28.6 Å². The topological polar surface area (TPSA) is 38.3 Å². The minimum atomic E-state index is -0.329. The van der Waals surface area contributed by atoms with E-state index in [9.17, 15) is 4.79 Å². The highest BCUT2D eigenvalue weighted by atomic mass is 32.1. The predicted molar refractivity (Wildman–Crippen MR) is 75.1 cm³/mol. The van der Waals surface area contributed by atoms with Crippen LogP contribution in [-0.4, -0.2) is 19.1 Å². The van der Waals surface area contributed by atoms with E-state index in [0.717, 1.165) is 0 Å². The number of esters is 1. The predicted octanol–water partition coefficient (Wildman–Crippen LogP) is 3.05. The van der Waals surface area contributed by atoms with Crippen LogP contribution in [0.1, 0.15) is 22.7 Å². The number of methoxy groups -OCH3 is 1. The van der Waals surface area contributed by atoms with E-state index in [1.54, 1.807) is 22.7 Å². The molecule has 0 aromatic carbocycles. The first-order valence-corrected chi connectivity index (χ1v) is 7.39. The van der Waals surface area contributed by atoms with Crippen molar-refractivity contribution in [3.63, 3.8) is 0 Å². The molecule has 3 nitrogen and oxygen atoms in total. The van der Waals surface area contributed by atoms with Crippen LogP contribution in [-0.2, 0) is 9.53 Å².